The molecule has 2 rings (SSSR count). The number of fused-ring (bicyclic) bond motifs is 2. The molecule has 0 saturated carbocycles. The van der Waals surface area contributed by atoms with Gasteiger partial charge in [0.05, 0.1) is 12.2 Å². The van der Waals surface area contributed by atoms with E-state index in [0.717, 1.165) is 19.6 Å². The van der Waals surface area contributed by atoms with Crippen LogP contribution in [0, 0.1) is 6.92 Å². The van der Waals surface area contributed by atoms with Crippen molar-refractivity contribution in [2.75, 3.05) is 13.2 Å². The van der Waals surface area contributed by atoms with Crippen LogP contribution in [-0.4, -0.2) is 24.8 Å². The summed E-state index contributed by atoms with van der Waals surface area (Å²) in [5.41, 5.74) is -0.0509. The monoisotopic (exact) mass is 112 g/mol. The Morgan fingerprint density at radius 3 is 2.75 bits per heavy atom. The standard InChI is InChI=1S/C6H10NO/c1-6-2-5(3-8-6)7-4-6/h5,7H,1-4H2. The van der Waals surface area contributed by atoms with E-state index in [2.05, 4.69) is 12.2 Å². The van der Waals surface area contributed by atoms with Crippen LogP contribution >= 0.6 is 0 Å². The van der Waals surface area contributed by atoms with Gasteiger partial charge in [-0.15, -0.1) is 0 Å². The van der Waals surface area contributed by atoms with E-state index >= 15 is 0 Å². The summed E-state index contributed by atoms with van der Waals surface area (Å²) in [6.45, 7) is 5.75. The van der Waals surface area contributed by atoms with Gasteiger partial charge in [0.2, 0.25) is 0 Å². The molecule has 2 atom stereocenters. The Kier molecular flexibility index (Phi) is 0.746. The van der Waals surface area contributed by atoms with Gasteiger partial charge in [0.1, 0.15) is 0 Å². The van der Waals surface area contributed by atoms with Crippen molar-refractivity contribution in [1.82, 2.24) is 5.32 Å². The first-order valence-electron chi connectivity index (χ1n) is 3.01. The zero-order chi connectivity index (χ0) is 5.61. The van der Waals surface area contributed by atoms with Gasteiger partial charge < -0.3 is 10.1 Å². The minimum Gasteiger partial charge on any atom is -0.372 e. The van der Waals surface area contributed by atoms with Crippen molar-refractivity contribution in [1.29, 1.82) is 0 Å². The molecule has 2 heteroatoms. The molecular weight excluding hydrogens is 102 g/mol. The first-order chi connectivity index (χ1) is 3.79. The highest BCUT2D eigenvalue weighted by molar-refractivity contribution is 5.02. The van der Waals surface area contributed by atoms with Crippen LogP contribution < -0.4 is 5.32 Å². The Labute approximate surface area is 49.2 Å². The summed E-state index contributed by atoms with van der Waals surface area (Å²) in [6.07, 6.45) is 1.10. The SMILES string of the molecule is [CH2]C12CNC(CO1)C2. The topological polar surface area (TPSA) is 21.3 Å². The molecule has 0 aromatic rings. The third-order valence-electron chi connectivity index (χ3n) is 1.92. The predicted molar refractivity (Wildman–Crippen MR) is 30.4 cm³/mol. The zero-order valence-corrected chi connectivity index (χ0v) is 4.81. The van der Waals surface area contributed by atoms with Gasteiger partial charge in [-0.05, 0) is 13.3 Å². The van der Waals surface area contributed by atoms with Gasteiger partial charge >= 0.3 is 0 Å². The molecule has 2 bridgehead atoms. The number of hydrogen-bond donors (Lipinski definition) is 1. The average molecular weight is 112 g/mol. The van der Waals surface area contributed by atoms with Crippen molar-refractivity contribution in [2.24, 2.45) is 0 Å². The lowest BCUT2D eigenvalue weighted by atomic mass is 10.1. The normalized spacial score (nSPS) is 52.9. The lowest BCUT2D eigenvalue weighted by Gasteiger charge is -2.20. The molecule has 8 heavy (non-hydrogen) atoms. The molecule has 0 aromatic heterocycles. The number of nitrogens with one attached hydrogen (secondary N) is 1. The molecule has 45 valence electrons. The molecule has 2 heterocycles. The maximum absolute atomic E-state index is 5.37. The number of hydrogen-bond acceptors (Lipinski definition) is 2. The minimum atomic E-state index is -0.0509. The second-order valence-electron chi connectivity index (χ2n) is 2.78. The van der Waals surface area contributed by atoms with Gasteiger partial charge in [0, 0.05) is 12.6 Å². The maximum atomic E-state index is 5.37. The van der Waals surface area contributed by atoms with Crippen molar-refractivity contribution in [3.05, 3.63) is 6.92 Å². The number of morpholine rings is 1. The largest absolute Gasteiger partial charge is 0.372 e. The van der Waals surface area contributed by atoms with Crippen LogP contribution in [0.15, 0.2) is 0 Å². The van der Waals surface area contributed by atoms with Crippen molar-refractivity contribution < 1.29 is 4.74 Å². The van der Waals surface area contributed by atoms with Crippen LogP contribution in [0.4, 0.5) is 0 Å². The van der Waals surface area contributed by atoms with Gasteiger partial charge in [-0.1, -0.05) is 0 Å². The Morgan fingerprint density at radius 2 is 2.62 bits per heavy atom. The molecule has 2 aliphatic heterocycles. The second kappa shape index (κ2) is 1.25. The van der Waals surface area contributed by atoms with E-state index in [9.17, 15) is 0 Å². The smallest absolute Gasteiger partial charge is 0.0823 e. The van der Waals surface area contributed by atoms with E-state index in [4.69, 9.17) is 4.74 Å². The summed E-state index contributed by atoms with van der Waals surface area (Å²) in [7, 11) is 0. The van der Waals surface area contributed by atoms with Crippen LogP contribution in [0.5, 0.6) is 0 Å². The minimum absolute atomic E-state index is 0.0509. The molecule has 2 unspecified atom stereocenters. The molecule has 0 aromatic carbocycles. The highest BCUT2D eigenvalue weighted by Crippen LogP contribution is 2.29. The quantitative estimate of drug-likeness (QED) is 0.474. The molecule has 0 aliphatic carbocycles. The first-order valence-corrected chi connectivity index (χ1v) is 3.01. The third kappa shape index (κ3) is 0.501. The lowest BCUT2D eigenvalue weighted by molar-refractivity contribution is 0.0292. The van der Waals surface area contributed by atoms with E-state index in [1.54, 1.807) is 0 Å². The molecule has 2 fully saturated rings. The fraction of sp³-hybridized carbons (Fsp3) is 0.833. The predicted octanol–water partition coefficient (Wildman–Crippen LogP) is -0.0486. The van der Waals surface area contributed by atoms with Gasteiger partial charge in [0.15, 0.2) is 0 Å². The van der Waals surface area contributed by atoms with Crippen LogP contribution in [-0.2, 0) is 4.74 Å². The van der Waals surface area contributed by atoms with Gasteiger partial charge in [-0.3, -0.25) is 0 Å². The molecule has 1 radical (unpaired) electrons. The number of rotatable bonds is 0. The maximum Gasteiger partial charge on any atom is 0.0823 e. The Morgan fingerprint density at radius 1 is 1.75 bits per heavy atom. The summed E-state index contributed by atoms with van der Waals surface area (Å²) in [4.78, 5) is 0. The Bertz CT molecular complexity index is 105. The van der Waals surface area contributed by atoms with Crippen molar-refractivity contribution >= 4 is 0 Å². The average Bonchev–Trinajstić information content (AvgIpc) is 2.21. The van der Waals surface area contributed by atoms with Crippen molar-refractivity contribution in [3.63, 3.8) is 0 Å². The van der Waals surface area contributed by atoms with Crippen molar-refractivity contribution in [2.45, 2.75) is 18.1 Å². The Balaban J connectivity index is 2.19. The van der Waals surface area contributed by atoms with Crippen molar-refractivity contribution in [3.8, 4) is 0 Å². The highest BCUT2D eigenvalue weighted by Gasteiger charge is 2.42. The summed E-state index contributed by atoms with van der Waals surface area (Å²) in [5, 5.41) is 3.31. The van der Waals surface area contributed by atoms with Gasteiger partial charge in [0.25, 0.3) is 0 Å². The third-order valence-corrected chi connectivity index (χ3v) is 1.92. The van der Waals surface area contributed by atoms with E-state index in [0.29, 0.717) is 6.04 Å². The molecule has 1 N–H and O–H groups in total. The van der Waals surface area contributed by atoms with E-state index < -0.39 is 0 Å². The van der Waals surface area contributed by atoms with Crippen LogP contribution in [0.25, 0.3) is 0 Å². The van der Waals surface area contributed by atoms with E-state index in [-0.39, 0.29) is 5.60 Å². The fourth-order valence-electron chi connectivity index (χ4n) is 1.43. The van der Waals surface area contributed by atoms with Crippen LogP contribution in [0.1, 0.15) is 6.42 Å². The van der Waals surface area contributed by atoms with E-state index in [1.165, 1.54) is 0 Å². The zero-order valence-electron chi connectivity index (χ0n) is 4.81. The first kappa shape index (κ1) is 4.77. The fourth-order valence-corrected chi connectivity index (χ4v) is 1.43. The molecule has 0 spiro atoms. The molecule has 2 nitrogen and oxygen atoms in total. The molecule has 2 aliphatic rings. The summed E-state index contributed by atoms with van der Waals surface area (Å²) in [5.74, 6) is 0. The summed E-state index contributed by atoms with van der Waals surface area (Å²) in [6, 6.07) is 0.604. The van der Waals surface area contributed by atoms with Gasteiger partial charge in [-0.2, -0.15) is 0 Å². The summed E-state index contributed by atoms with van der Waals surface area (Å²) >= 11 is 0. The highest BCUT2D eigenvalue weighted by atomic mass is 16.5. The second-order valence-corrected chi connectivity index (χ2v) is 2.78. The molecule has 0 amide bonds. The van der Waals surface area contributed by atoms with Gasteiger partial charge in [-0.25, -0.2) is 0 Å². The lowest BCUT2D eigenvalue weighted by Crippen LogP contribution is -2.36. The number of ether oxygens (including phenoxy) is 1. The van der Waals surface area contributed by atoms with Crippen LogP contribution in [0.2, 0.25) is 0 Å². The van der Waals surface area contributed by atoms with E-state index in [1.807, 2.05) is 0 Å². The molecular formula is C6H10NO. The van der Waals surface area contributed by atoms with Crippen LogP contribution in [0.3, 0.4) is 0 Å². The molecule has 2 saturated heterocycles. The Hall–Kier alpha value is -0.0800. The summed E-state index contributed by atoms with van der Waals surface area (Å²) < 4.78 is 5.37.